The number of ether oxygens (including phenoxy) is 2. The molecule has 0 aliphatic rings. The van der Waals surface area contributed by atoms with Crippen LogP contribution in [0.1, 0.15) is 0 Å². The van der Waals surface area contributed by atoms with E-state index in [2.05, 4.69) is 4.90 Å². The zero-order valence-electron chi connectivity index (χ0n) is 9.79. The minimum atomic E-state index is -0.268. The largest absolute Gasteiger partial charge is 0.371 e. The molecule has 1 aromatic carbocycles. The van der Waals surface area contributed by atoms with Crippen molar-refractivity contribution in [3.05, 3.63) is 30.3 Å². The van der Waals surface area contributed by atoms with Crippen molar-refractivity contribution in [2.45, 2.75) is 0 Å². The van der Waals surface area contributed by atoms with Gasteiger partial charge in [0.05, 0.1) is 13.2 Å². The molecule has 0 radical (unpaired) electrons. The molecule has 0 unspecified atom stereocenters. The zero-order chi connectivity index (χ0) is 12.3. The second-order valence-electron chi connectivity index (χ2n) is 3.40. The Bertz CT molecular complexity index is 271. The molecule has 0 fully saturated rings. The molecule has 17 heavy (non-hydrogen) atoms. The predicted molar refractivity (Wildman–Crippen MR) is 64.7 cm³/mol. The summed E-state index contributed by atoms with van der Waals surface area (Å²) in [6, 6.07) is 9.87. The fourth-order valence-corrected chi connectivity index (χ4v) is 1.49. The van der Waals surface area contributed by atoms with Gasteiger partial charge in [0.1, 0.15) is 13.6 Å². The van der Waals surface area contributed by atoms with Crippen LogP contribution in [-0.2, 0) is 9.47 Å². The lowest BCUT2D eigenvalue weighted by molar-refractivity contribution is -0.00332. The van der Waals surface area contributed by atoms with Crippen molar-refractivity contribution in [1.82, 2.24) is 0 Å². The fraction of sp³-hybridized carbons (Fsp3) is 0.500. The van der Waals surface area contributed by atoms with Crippen LogP contribution >= 0.6 is 0 Å². The number of nitrogens with zero attached hydrogens (tertiary/aromatic N) is 1. The van der Waals surface area contributed by atoms with Crippen LogP contribution in [0.5, 0.6) is 0 Å². The number of benzene rings is 1. The van der Waals surface area contributed by atoms with Crippen LogP contribution in [0.25, 0.3) is 0 Å². The van der Waals surface area contributed by atoms with Gasteiger partial charge in [0.15, 0.2) is 0 Å². The Morgan fingerprint density at radius 1 is 0.882 bits per heavy atom. The molecule has 96 valence electrons. The third-order valence-electron chi connectivity index (χ3n) is 2.32. The lowest BCUT2D eigenvalue weighted by atomic mass is 10.3. The SMILES string of the molecule is OCOCCN(CCOCO)c1ccccc1. The third-order valence-corrected chi connectivity index (χ3v) is 2.32. The van der Waals surface area contributed by atoms with Crippen molar-refractivity contribution < 1.29 is 19.7 Å². The van der Waals surface area contributed by atoms with Crippen molar-refractivity contribution in [3.8, 4) is 0 Å². The van der Waals surface area contributed by atoms with E-state index in [1.54, 1.807) is 0 Å². The Morgan fingerprint density at radius 3 is 1.88 bits per heavy atom. The van der Waals surface area contributed by atoms with E-state index in [1.807, 2.05) is 30.3 Å². The molecule has 5 heteroatoms. The van der Waals surface area contributed by atoms with Gasteiger partial charge in [-0.25, -0.2) is 0 Å². The summed E-state index contributed by atoms with van der Waals surface area (Å²) in [6.07, 6.45) is 0. The van der Waals surface area contributed by atoms with Gasteiger partial charge in [0.25, 0.3) is 0 Å². The first kappa shape index (κ1) is 13.9. The standard InChI is InChI=1S/C12H19NO4/c14-10-16-8-6-13(7-9-17-11-15)12-4-2-1-3-5-12/h1-5,14-15H,6-11H2. The van der Waals surface area contributed by atoms with Crippen LogP contribution in [0.4, 0.5) is 5.69 Å². The van der Waals surface area contributed by atoms with Crippen LogP contribution in [0, 0.1) is 0 Å². The molecular weight excluding hydrogens is 222 g/mol. The number of anilines is 1. The van der Waals surface area contributed by atoms with Gasteiger partial charge in [-0.05, 0) is 12.1 Å². The molecule has 1 aromatic rings. The topological polar surface area (TPSA) is 62.2 Å². The monoisotopic (exact) mass is 241 g/mol. The van der Waals surface area contributed by atoms with Crippen LogP contribution < -0.4 is 4.90 Å². The van der Waals surface area contributed by atoms with Gasteiger partial charge in [0.2, 0.25) is 0 Å². The Hall–Kier alpha value is -1.14. The maximum atomic E-state index is 8.57. The van der Waals surface area contributed by atoms with Gasteiger partial charge in [0, 0.05) is 18.8 Å². The summed E-state index contributed by atoms with van der Waals surface area (Å²) >= 11 is 0. The highest BCUT2D eigenvalue weighted by molar-refractivity contribution is 5.45. The molecule has 0 saturated carbocycles. The maximum absolute atomic E-state index is 8.57. The number of hydrogen-bond acceptors (Lipinski definition) is 5. The molecule has 0 amide bonds. The molecule has 0 bridgehead atoms. The summed E-state index contributed by atoms with van der Waals surface area (Å²) in [7, 11) is 0. The fourth-order valence-electron chi connectivity index (χ4n) is 1.49. The van der Waals surface area contributed by atoms with Crippen molar-refractivity contribution >= 4 is 5.69 Å². The van der Waals surface area contributed by atoms with E-state index < -0.39 is 0 Å². The Morgan fingerprint density at radius 2 is 1.41 bits per heavy atom. The van der Waals surface area contributed by atoms with Crippen LogP contribution in [0.2, 0.25) is 0 Å². The summed E-state index contributed by atoms with van der Waals surface area (Å²) in [5.74, 6) is 0. The molecule has 0 aromatic heterocycles. The highest BCUT2D eigenvalue weighted by Gasteiger charge is 2.05. The van der Waals surface area contributed by atoms with Crippen molar-refractivity contribution in [3.63, 3.8) is 0 Å². The number of aliphatic hydroxyl groups excluding tert-OH is 2. The first-order valence-electron chi connectivity index (χ1n) is 5.55. The van der Waals surface area contributed by atoms with E-state index in [1.165, 1.54) is 0 Å². The summed E-state index contributed by atoms with van der Waals surface area (Å²) in [6.45, 7) is 1.69. The molecule has 5 nitrogen and oxygen atoms in total. The predicted octanol–water partition coefficient (Wildman–Crippen LogP) is 0.426. The number of rotatable bonds is 9. The highest BCUT2D eigenvalue weighted by atomic mass is 16.6. The van der Waals surface area contributed by atoms with E-state index in [4.69, 9.17) is 19.7 Å². The lowest BCUT2D eigenvalue weighted by Crippen LogP contribution is -2.31. The van der Waals surface area contributed by atoms with E-state index in [0.717, 1.165) is 5.69 Å². The molecule has 0 aliphatic carbocycles. The molecule has 0 aliphatic heterocycles. The van der Waals surface area contributed by atoms with E-state index in [-0.39, 0.29) is 13.6 Å². The first-order chi connectivity index (χ1) is 8.38. The second kappa shape index (κ2) is 8.95. The van der Waals surface area contributed by atoms with E-state index in [0.29, 0.717) is 26.3 Å². The van der Waals surface area contributed by atoms with E-state index in [9.17, 15) is 0 Å². The number of aliphatic hydroxyl groups is 2. The Balaban J connectivity index is 2.46. The van der Waals surface area contributed by atoms with Crippen LogP contribution in [0.15, 0.2) is 30.3 Å². The molecule has 0 spiro atoms. The molecule has 0 saturated heterocycles. The number of hydrogen-bond donors (Lipinski definition) is 2. The molecule has 0 atom stereocenters. The van der Waals surface area contributed by atoms with E-state index >= 15 is 0 Å². The second-order valence-corrected chi connectivity index (χ2v) is 3.40. The number of para-hydroxylation sites is 1. The summed E-state index contributed by atoms with van der Waals surface area (Å²) in [4.78, 5) is 2.07. The summed E-state index contributed by atoms with van der Waals surface area (Å²) < 4.78 is 9.83. The van der Waals surface area contributed by atoms with Crippen molar-refractivity contribution in [2.75, 3.05) is 44.8 Å². The van der Waals surface area contributed by atoms with Crippen LogP contribution in [-0.4, -0.2) is 50.1 Å². The average Bonchev–Trinajstić information content (AvgIpc) is 2.38. The smallest absolute Gasteiger partial charge is 0.143 e. The van der Waals surface area contributed by atoms with Crippen molar-refractivity contribution in [2.24, 2.45) is 0 Å². The van der Waals surface area contributed by atoms with Crippen molar-refractivity contribution in [1.29, 1.82) is 0 Å². The Labute approximate surface area is 101 Å². The quantitative estimate of drug-likeness (QED) is 0.485. The minimum Gasteiger partial charge on any atom is -0.371 e. The van der Waals surface area contributed by atoms with Gasteiger partial charge in [-0.3, -0.25) is 0 Å². The van der Waals surface area contributed by atoms with Gasteiger partial charge >= 0.3 is 0 Å². The molecule has 1 rings (SSSR count). The molecular formula is C12H19NO4. The van der Waals surface area contributed by atoms with Gasteiger partial charge in [-0.2, -0.15) is 0 Å². The normalized spacial score (nSPS) is 10.5. The average molecular weight is 241 g/mol. The summed E-state index contributed by atoms with van der Waals surface area (Å²) in [5, 5.41) is 17.1. The van der Waals surface area contributed by atoms with Gasteiger partial charge in [-0.15, -0.1) is 0 Å². The maximum Gasteiger partial charge on any atom is 0.143 e. The van der Waals surface area contributed by atoms with Gasteiger partial charge in [-0.1, -0.05) is 18.2 Å². The minimum absolute atomic E-state index is 0.268. The first-order valence-corrected chi connectivity index (χ1v) is 5.55. The lowest BCUT2D eigenvalue weighted by Gasteiger charge is -2.24. The van der Waals surface area contributed by atoms with Gasteiger partial charge < -0.3 is 24.6 Å². The molecule has 0 heterocycles. The summed E-state index contributed by atoms with van der Waals surface area (Å²) in [5.41, 5.74) is 1.07. The van der Waals surface area contributed by atoms with Crippen LogP contribution in [0.3, 0.4) is 0 Å². The zero-order valence-corrected chi connectivity index (χ0v) is 9.79. The third kappa shape index (κ3) is 5.65. The molecule has 2 N–H and O–H groups in total. The highest BCUT2D eigenvalue weighted by Crippen LogP contribution is 2.12. The Kier molecular flexibility index (Phi) is 7.33.